The number of carbonyl (C=O) groups excluding carboxylic acids is 1. The number of nitrogens with zero attached hydrogens (tertiary/aromatic N) is 1. The number of amides is 1. The van der Waals surface area contributed by atoms with Gasteiger partial charge in [-0.1, -0.05) is 36.4 Å². The number of rotatable bonds is 4. The minimum atomic E-state index is -0.0708. The van der Waals surface area contributed by atoms with Crippen LogP contribution >= 0.6 is 11.3 Å². The molecule has 0 unspecified atom stereocenters. The van der Waals surface area contributed by atoms with E-state index in [2.05, 4.69) is 10.3 Å². The van der Waals surface area contributed by atoms with Crippen molar-refractivity contribution in [1.29, 1.82) is 0 Å². The van der Waals surface area contributed by atoms with Crippen molar-refractivity contribution in [3.63, 3.8) is 0 Å². The number of aliphatic imine (C=N–C) groups is 1. The summed E-state index contributed by atoms with van der Waals surface area (Å²) in [6, 6.07) is 19.3. The molecule has 4 rings (SSSR count). The van der Waals surface area contributed by atoms with Crippen LogP contribution in [0.5, 0.6) is 0 Å². The molecule has 0 spiro atoms. The van der Waals surface area contributed by atoms with Gasteiger partial charge in [-0.05, 0) is 55.5 Å². The number of aryl methyl sites for hydroxylation is 1. The van der Waals surface area contributed by atoms with Crippen LogP contribution in [0.25, 0.3) is 0 Å². The molecule has 1 aromatic heterocycles. The van der Waals surface area contributed by atoms with Crippen LogP contribution in [0.2, 0.25) is 0 Å². The van der Waals surface area contributed by atoms with Crippen molar-refractivity contribution in [2.24, 2.45) is 4.99 Å². The highest BCUT2D eigenvalue weighted by Crippen LogP contribution is 2.37. The van der Waals surface area contributed by atoms with Crippen molar-refractivity contribution in [3.05, 3.63) is 82.2 Å². The molecule has 0 radical (unpaired) electrons. The molecular weight excluding hydrogens is 340 g/mol. The van der Waals surface area contributed by atoms with Gasteiger partial charge < -0.3 is 5.32 Å². The highest BCUT2D eigenvalue weighted by Gasteiger charge is 2.21. The molecule has 0 saturated heterocycles. The lowest BCUT2D eigenvalue weighted by Gasteiger charge is -2.11. The molecule has 1 N–H and O–H groups in total. The number of hydrogen-bond donors (Lipinski definition) is 1. The van der Waals surface area contributed by atoms with E-state index in [1.165, 1.54) is 23.3 Å². The SMILES string of the molecule is O=C(Nc1sc2c(c1C=Nc1ccccc1)CCCC2)c1ccccc1. The first-order valence-corrected chi connectivity index (χ1v) is 9.73. The maximum Gasteiger partial charge on any atom is 0.256 e. The summed E-state index contributed by atoms with van der Waals surface area (Å²) in [5.74, 6) is -0.0708. The monoisotopic (exact) mass is 360 g/mol. The van der Waals surface area contributed by atoms with Crippen LogP contribution in [0.3, 0.4) is 0 Å². The normalized spacial score (nSPS) is 13.5. The number of fused-ring (bicyclic) bond motifs is 1. The zero-order valence-electron chi connectivity index (χ0n) is 14.4. The summed E-state index contributed by atoms with van der Waals surface area (Å²) >= 11 is 1.70. The predicted octanol–water partition coefficient (Wildman–Crippen LogP) is 5.63. The fourth-order valence-electron chi connectivity index (χ4n) is 3.24. The molecular formula is C22H20N2OS. The average Bonchev–Trinajstić information content (AvgIpc) is 3.05. The number of carbonyl (C=O) groups is 1. The first kappa shape index (κ1) is 16.7. The highest BCUT2D eigenvalue weighted by atomic mass is 32.1. The van der Waals surface area contributed by atoms with Gasteiger partial charge in [-0.25, -0.2) is 0 Å². The van der Waals surface area contributed by atoms with E-state index in [1.807, 2.05) is 66.9 Å². The number of anilines is 1. The Labute approximate surface area is 157 Å². The molecule has 1 heterocycles. The highest BCUT2D eigenvalue weighted by molar-refractivity contribution is 7.17. The Hall–Kier alpha value is -2.72. The van der Waals surface area contributed by atoms with Crippen molar-refractivity contribution in [2.45, 2.75) is 25.7 Å². The van der Waals surface area contributed by atoms with Crippen molar-refractivity contribution < 1.29 is 4.79 Å². The van der Waals surface area contributed by atoms with Crippen LogP contribution < -0.4 is 5.32 Å². The summed E-state index contributed by atoms with van der Waals surface area (Å²) in [6.07, 6.45) is 6.48. The van der Waals surface area contributed by atoms with E-state index < -0.39 is 0 Å². The van der Waals surface area contributed by atoms with Crippen LogP contribution in [0.15, 0.2) is 65.7 Å². The van der Waals surface area contributed by atoms with E-state index in [1.54, 1.807) is 11.3 Å². The summed E-state index contributed by atoms with van der Waals surface area (Å²) in [5, 5.41) is 4.02. The van der Waals surface area contributed by atoms with Gasteiger partial charge in [-0.15, -0.1) is 11.3 Å². The number of nitrogens with one attached hydrogen (secondary N) is 1. The number of benzene rings is 2. The van der Waals surface area contributed by atoms with Gasteiger partial charge in [0.25, 0.3) is 5.91 Å². The standard InChI is InChI=1S/C22H20N2OS/c25-21(16-9-3-1-4-10-16)24-22-19(15-23-17-11-5-2-6-12-17)18-13-7-8-14-20(18)26-22/h1-6,9-12,15H,7-8,13-14H2,(H,24,25). The molecule has 3 aromatic rings. The summed E-state index contributed by atoms with van der Waals surface area (Å²) in [6.45, 7) is 0. The second kappa shape index (κ2) is 7.67. The molecule has 26 heavy (non-hydrogen) atoms. The first-order valence-electron chi connectivity index (χ1n) is 8.91. The number of thiophene rings is 1. The lowest BCUT2D eigenvalue weighted by molar-refractivity contribution is 0.102. The van der Waals surface area contributed by atoms with Crippen molar-refractivity contribution in [3.8, 4) is 0 Å². The third-order valence-electron chi connectivity index (χ3n) is 4.57. The minimum absolute atomic E-state index is 0.0708. The molecule has 4 heteroatoms. The zero-order chi connectivity index (χ0) is 17.8. The molecule has 0 atom stereocenters. The van der Waals surface area contributed by atoms with E-state index >= 15 is 0 Å². The molecule has 0 aliphatic heterocycles. The van der Waals surface area contributed by atoms with E-state index in [4.69, 9.17) is 0 Å². The Balaban J connectivity index is 1.66. The fraction of sp³-hybridized carbons (Fsp3) is 0.182. The third-order valence-corrected chi connectivity index (χ3v) is 5.80. The third kappa shape index (κ3) is 3.60. The Bertz CT molecular complexity index is 930. The molecule has 0 bridgehead atoms. The molecule has 1 amide bonds. The number of hydrogen-bond acceptors (Lipinski definition) is 3. The minimum Gasteiger partial charge on any atom is -0.313 e. The predicted molar refractivity (Wildman–Crippen MR) is 109 cm³/mol. The van der Waals surface area contributed by atoms with Crippen molar-refractivity contribution in [1.82, 2.24) is 0 Å². The Morgan fingerprint density at radius 1 is 0.962 bits per heavy atom. The average molecular weight is 360 g/mol. The zero-order valence-corrected chi connectivity index (χ0v) is 15.3. The van der Waals surface area contributed by atoms with Gasteiger partial charge in [-0.3, -0.25) is 9.79 Å². The van der Waals surface area contributed by atoms with Crippen LogP contribution in [-0.2, 0) is 12.8 Å². The summed E-state index contributed by atoms with van der Waals surface area (Å²) < 4.78 is 0. The van der Waals surface area contributed by atoms with Crippen LogP contribution in [0.1, 0.15) is 39.2 Å². The van der Waals surface area contributed by atoms with Crippen molar-refractivity contribution >= 4 is 34.1 Å². The van der Waals surface area contributed by atoms with E-state index in [0.29, 0.717) is 5.56 Å². The molecule has 2 aromatic carbocycles. The summed E-state index contributed by atoms with van der Waals surface area (Å²) in [5.41, 5.74) is 4.01. The largest absolute Gasteiger partial charge is 0.313 e. The van der Waals surface area contributed by atoms with E-state index in [9.17, 15) is 4.79 Å². The van der Waals surface area contributed by atoms with Gasteiger partial charge >= 0.3 is 0 Å². The van der Waals surface area contributed by atoms with Gasteiger partial charge in [-0.2, -0.15) is 0 Å². The van der Waals surface area contributed by atoms with Gasteiger partial charge in [0.2, 0.25) is 0 Å². The van der Waals surface area contributed by atoms with Crippen LogP contribution in [0.4, 0.5) is 10.7 Å². The molecule has 3 nitrogen and oxygen atoms in total. The lowest BCUT2D eigenvalue weighted by atomic mass is 9.96. The van der Waals surface area contributed by atoms with Gasteiger partial charge in [0.05, 0.1) is 5.69 Å². The summed E-state index contributed by atoms with van der Waals surface area (Å²) in [4.78, 5) is 18.6. The second-order valence-corrected chi connectivity index (χ2v) is 7.47. The van der Waals surface area contributed by atoms with Gasteiger partial charge in [0.1, 0.15) is 5.00 Å². The van der Waals surface area contributed by atoms with E-state index in [-0.39, 0.29) is 5.91 Å². The maximum absolute atomic E-state index is 12.6. The smallest absolute Gasteiger partial charge is 0.256 e. The number of para-hydroxylation sites is 1. The molecule has 0 saturated carbocycles. The lowest BCUT2D eigenvalue weighted by Crippen LogP contribution is -2.12. The molecule has 0 fully saturated rings. The van der Waals surface area contributed by atoms with E-state index in [0.717, 1.165) is 29.1 Å². The van der Waals surface area contributed by atoms with Crippen LogP contribution in [-0.4, -0.2) is 12.1 Å². The first-order chi connectivity index (χ1) is 12.8. The summed E-state index contributed by atoms with van der Waals surface area (Å²) in [7, 11) is 0. The molecule has 1 aliphatic carbocycles. The Morgan fingerprint density at radius 3 is 2.42 bits per heavy atom. The molecule has 130 valence electrons. The Morgan fingerprint density at radius 2 is 1.65 bits per heavy atom. The van der Waals surface area contributed by atoms with Gasteiger partial charge in [0.15, 0.2) is 0 Å². The Kier molecular flexibility index (Phi) is 4.93. The second-order valence-electron chi connectivity index (χ2n) is 6.37. The quantitative estimate of drug-likeness (QED) is 0.602. The van der Waals surface area contributed by atoms with Gasteiger partial charge in [0, 0.05) is 22.2 Å². The molecule has 1 aliphatic rings. The fourth-order valence-corrected chi connectivity index (χ4v) is 4.50. The maximum atomic E-state index is 12.6. The van der Waals surface area contributed by atoms with Crippen molar-refractivity contribution in [2.75, 3.05) is 5.32 Å². The topological polar surface area (TPSA) is 41.5 Å². The van der Waals surface area contributed by atoms with Crippen LogP contribution in [0, 0.1) is 0 Å².